The molecule has 1 aromatic heterocycles. The third kappa shape index (κ3) is 4.14. The lowest BCUT2D eigenvalue weighted by Gasteiger charge is -2.35. The molecule has 1 saturated heterocycles. The number of carbonyl (C=O) groups is 2. The van der Waals surface area contributed by atoms with Gasteiger partial charge in [-0.3, -0.25) is 9.48 Å². The van der Waals surface area contributed by atoms with Crippen LogP contribution in [0.1, 0.15) is 13.8 Å². The van der Waals surface area contributed by atoms with E-state index < -0.39 is 6.04 Å². The third-order valence-electron chi connectivity index (χ3n) is 4.18. The molecular weight excluding hydrogens is 296 g/mol. The van der Waals surface area contributed by atoms with Gasteiger partial charge in [-0.2, -0.15) is 5.10 Å². The molecule has 0 unspecified atom stereocenters. The highest BCUT2D eigenvalue weighted by atomic mass is 16.2. The van der Waals surface area contributed by atoms with E-state index in [0.29, 0.717) is 19.6 Å². The van der Waals surface area contributed by atoms with E-state index in [1.165, 1.54) is 0 Å². The fourth-order valence-electron chi connectivity index (χ4n) is 2.56. The van der Waals surface area contributed by atoms with Crippen molar-refractivity contribution in [3.8, 4) is 0 Å². The second-order valence-electron chi connectivity index (χ2n) is 5.87. The summed E-state index contributed by atoms with van der Waals surface area (Å²) in [6.45, 7) is 7.04. The maximum atomic E-state index is 12.3. The van der Waals surface area contributed by atoms with Gasteiger partial charge >= 0.3 is 6.03 Å². The Kier molecular flexibility index (Phi) is 5.46. The average Bonchev–Trinajstić information content (AvgIpc) is 2.99. The lowest BCUT2D eigenvalue weighted by molar-refractivity contribution is -0.131. The number of rotatable bonds is 4. The molecule has 0 bridgehead atoms. The normalized spacial score (nSPS) is 16.2. The summed E-state index contributed by atoms with van der Waals surface area (Å²) >= 11 is 0. The number of hydrogen-bond acceptors (Lipinski definition) is 4. The number of likely N-dealkylation sites (N-methyl/N-ethyl adjacent to an activating group) is 1. The zero-order valence-electron chi connectivity index (χ0n) is 14.3. The van der Waals surface area contributed by atoms with Crippen LogP contribution in [0, 0.1) is 0 Å². The minimum atomic E-state index is -0.510. The molecule has 2 heterocycles. The van der Waals surface area contributed by atoms with Gasteiger partial charge in [-0.05, 0) is 13.8 Å². The van der Waals surface area contributed by atoms with Gasteiger partial charge in [-0.1, -0.05) is 0 Å². The molecule has 8 nitrogen and oxygen atoms in total. The Bertz CT molecular complexity index is 550. The van der Waals surface area contributed by atoms with E-state index in [4.69, 9.17) is 0 Å². The van der Waals surface area contributed by atoms with Gasteiger partial charge in [-0.15, -0.1) is 0 Å². The minimum Gasteiger partial charge on any atom is -0.365 e. The van der Waals surface area contributed by atoms with Gasteiger partial charge in [-0.25, -0.2) is 4.79 Å². The molecule has 8 heteroatoms. The molecule has 3 amide bonds. The topological polar surface area (TPSA) is 73.7 Å². The molecule has 128 valence electrons. The fourth-order valence-corrected chi connectivity index (χ4v) is 2.56. The molecule has 1 fully saturated rings. The summed E-state index contributed by atoms with van der Waals surface area (Å²) in [7, 11) is 3.62. The van der Waals surface area contributed by atoms with Crippen LogP contribution in [0.4, 0.5) is 10.5 Å². The summed E-state index contributed by atoms with van der Waals surface area (Å²) in [5.41, 5.74) is 1.07. The lowest BCUT2D eigenvalue weighted by Crippen LogP contribution is -2.55. The van der Waals surface area contributed by atoms with E-state index in [1.54, 1.807) is 28.5 Å². The SMILES string of the molecule is CCN(C)C(=O)[C@@H](C)NC(=O)N1CCN(c2cnn(C)c2)CC1. The predicted molar refractivity (Wildman–Crippen MR) is 88.3 cm³/mol. The van der Waals surface area contributed by atoms with Crippen LogP contribution in [0.2, 0.25) is 0 Å². The second kappa shape index (κ2) is 7.34. The zero-order valence-corrected chi connectivity index (χ0v) is 14.3. The number of aromatic nitrogens is 2. The predicted octanol–water partition coefficient (Wildman–Crippen LogP) is 0.119. The molecule has 1 N–H and O–H groups in total. The molecule has 23 heavy (non-hydrogen) atoms. The van der Waals surface area contributed by atoms with E-state index in [2.05, 4.69) is 15.3 Å². The first-order valence-corrected chi connectivity index (χ1v) is 7.96. The van der Waals surface area contributed by atoms with Crippen molar-refractivity contribution >= 4 is 17.6 Å². The molecule has 1 aromatic rings. The van der Waals surface area contributed by atoms with Crippen molar-refractivity contribution < 1.29 is 9.59 Å². The highest BCUT2D eigenvalue weighted by Crippen LogP contribution is 2.14. The zero-order chi connectivity index (χ0) is 17.0. The first-order chi connectivity index (χ1) is 10.9. The molecule has 0 radical (unpaired) electrons. The molecule has 2 rings (SSSR count). The number of nitrogens with one attached hydrogen (secondary N) is 1. The first-order valence-electron chi connectivity index (χ1n) is 7.96. The standard InChI is InChI=1S/C15H26N6O2/c1-5-18(3)14(22)12(2)17-15(23)21-8-6-20(7-9-21)13-10-16-19(4)11-13/h10-12H,5-9H2,1-4H3,(H,17,23)/t12-/m1/s1. The lowest BCUT2D eigenvalue weighted by atomic mass is 10.3. The Morgan fingerprint density at radius 3 is 2.52 bits per heavy atom. The molecule has 1 atom stereocenters. The number of nitrogens with zero attached hydrogens (tertiary/aromatic N) is 5. The Morgan fingerprint density at radius 1 is 1.35 bits per heavy atom. The summed E-state index contributed by atoms with van der Waals surface area (Å²) < 4.78 is 1.77. The van der Waals surface area contributed by atoms with E-state index in [1.807, 2.05) is 26.4 Å². The van der Waals surface area contributed by atoms with Gasteiger partial charge < -0.3 is 20.0 Å². The van der Waals surface area contributed by atoms with Gasteiger partial charge in [0.25, 0.3) is 0 Å². The summed E-state index contributed by atoms with van der Waals surface area (Å²) in [6.07, 6.45) is 3.80. The maximum Gasteiger partial charge on any atom is 0.318 e. The summed E-state index contributed by atoms with van der Waals surface area (Å²) in [5, 5.41) is 6.95. The van der Waals surface area contributed by atoms with Crippen molar-refractivity contribution in [1.29, 1.82) is 0 Å². The summed E-state index contributed by atoms with van der Waals surface area (Å²) in [6, 6.07) is -0.690. The van der Waals surface area contributed by atoms with Crippen LogP contribution in [0.15, 0.2) is 12.4 Å². The van der Waals surface area contributed by atoms with Gasteiger partial charge in [0.05, 0.1) is 11.9 Å². The second-order valence-corrected chi connectivity index (χ2v) is 5.87. The van der Waals surface area contributed by atoms with Gasteiger partial charge in [0.2, 0.25) is 5.91 Å². The minimum absolute atomic E-state index is 0.0742. The first kappa shape index (κ1) is 17.1. The monoisotopic (exact) mass is 322 g/mol. The Balaban J connectivity index is 1.82. The van der Waals surface area contributed by atoms with E-state index in [9.17, 15) is 9.59 Å². The van der Waals surface area contributed by atoms with Crippen LogP contribution in [0.5, 0.6) is 0 Å². The van der Waals surface area contributed by atoms with Crippen molar-refractivity contribution in [1.82, 2.24) is 24.9 Å². The quantitative estimate of drug-likeness (QED) is 0.854. The number of amides is 3. The van der Waals surface area contributed by atoms with E-state index in [-0.39, 0.29) is 11.9 Å². The molecule has 0 aliphatic carbocycles. The van der Waals surface area contributed by atoms with E-state index in [0.717, 1.165) is 18.8 Å². The smallest absolute Gasteiger partial charge is 0.318 e. The van der Waals surface area contributed by atoms with Gasteiger partial charge in [0.15, 0.2) is 0 Å². The molecule has 0 saturated carbocycles. The molecule has 1 aliphatic rings. The largest absolute Gasteiger partial charge is 0.365 e. The van der Waals surface area contributed by atoms with Crippen molar-refractivity contribution in [3.63, 3.8) is 0 Å². The van der Waals surface area contributed by atoms with E-state index >= 15 is 0 Å². The number of urea groups is 1. The fraction of sp³-hybridized carbons (Fsp3) is 0.667. The van der Waals surface area contributed by atoms with Crippen LogP contribution < -0.4 is 10.2 Å². The molecule has 0 spiro atoms. The number of hydrogen-bond donors (Lipinski definition) is 1. The number of aryl methyl sites for hydroxylation is 1. The van der Waals surface area contributed by atoms with Crippen molar-refractivity contribution in [2.75, 3.05) is 44.7 Å². The Hall–Kier alpha value is -2.25. The van der Waals surface area contributed by atoms with Gasteiger partial charge in [0.1, 0.15) is 6.04 Å². The van der Waals surface area contributed by atoms with Crippen LogP contribution in [-0.4, -0.2) is 77.3 Å². The van der Waals surface area contributed by atoms with Crippen LogP contribution in [0.3, 0.4) is 0 Å². The summed E-state index contributed by atoms with van der Waals surface area (Å²) in [5.74, 6) is -0.0742. The Labute approximate surface area is 137 Å². The maximum absolute atomic E-state index is 12.3. The number of piperazine rings is 1. The van der Waals surface area contributed by atoms with Crippen molar-refractivity contribution in [2.24, 2.45) is 7.05 Å². The number of anilines is 1. The number of carbonyl (C=O) groups excluding carboxylic acids is 2. The summed E-state index contributed by atoms with van der Waals surface area (Å²) in [4.78, 5) is 29.8. The highest BCUT2D eigenvalue weighted by molar-refractivity contribution is 5.86. The van der Waals surface area contributed by atoms with Gasteiger partial charge in [0, 0.05) is 53.0 Å². The van der Waals surface area contributed by atoms with Crippen LogP contribution in [-0.2, 0) is 11.8 Å². The van der Waals surface area contributed by atoms with Crippen LogP contribution in [0.25, 0.3) is 0 Å². The van der Waals surface area contributed by atoms with Crippen molar-refractivity contribution in [3.05, 3.63) is 12.4 Å². The average molecular weight is 322 g/mol. The molecular formula is C15H26N6O2. The third-order valence-corrected chi connectivity index (χ3v) is 4.18. The molecule has 1 aliphatic heterocycles. The van der Waals surface area contributed by atoms with Crippen LogP contribution >= 0.6 is 0 Å². The molecule has 0 aromatic carbocycles. The highest BCUT2D eigenvalue weighted by Gasteiger charge is 2.25. The Morgan fingerprint density at radius 2 is 2.00 bits per heavy atom. The van der Waals surface area contributed by atoms with Crippen molar-refractivity contribution in [2.45, 2.75) is 19.9 Å².